The van der Waals surface area contributed by atoms with Gasteiger partial charge in [-0.25, -0.2) is 0 Å². The molecular formula is C19H25NS. The summed E-state index contributed by atoms with van der Waals surface area (Å²) in [4.78, 5) is 0. The molecule has 0 amide bonds. The summed E-state index contributed by atoms with van der Waals surface area (Å²) in [6.07, 6.45) is 6.51. The summed E-state index contributed by atoms with van der Waals surface area (Å²) < 4.78 is 0. The van der Waals surface area contributed by atoms with Crippen LogP contribution in [0.3, 0.4) is 0 Å². The van der Waals surface area contributed by atoms with E-state index in [4.69, 9.17) is 0 Å². The number of nitrogens with one attached hydrogen (secondary N) is 1. The van der Waals surface area contributed by atoms with Crippen molar-refractivity contribution in [3.8, 4) is 0 Å². The highest BCUT2D eigenvalue weighted by molar-refractivity contribution is 7.07. The normalized spacial score (nSPS) is 25.9. The van der Waals surface area contributed by atoms with Gasteiger partial charge in [-0.2, -0.15) is 11.3 Å². The van der Waals surface area contributed by atoms with Crippen LogP contribution >= 0.6 is 11.3 Å². The molecule has 21 heavy (non-hydrogen) atoms. The average Bonchev–Trinajstić information content (AvgIpc) is 3.07. The smallest absolute Gasteiger partial charge is 0.00928 e. The van der Waals surface area contributed by atoms with Crippen molar-refractivity contribution < 1.29 is 0 Å². The van der Waals surface area contributed by atoms with Crippen molar-refractivity contribution in [2.45, 2.75) is 44.1 Å². The maximum Gasteiger partial charge on any atom is 0.00928 e. The first-order chi connectivity index (χ1) is 10.4. The maximum absolute atomic E-state index is 3.56. The SMILES string of the molecule is CNC1CCC(c2ccccc2)CC1CCc1ccsc1. The predicted octanol–water partition coefficient (Wildman–Crippen LogP) is 4.85. The zero-order chi connectivity index (χ0) is 14.5. The first kappa shape index (κ1) is 14.8. The minimum absolute atomic E-state index is 0.698. The van der Waals surface area contributed by atoms with Gasteiger partial charge in [0.25, 0.3) is 0 Å². The van der Waals surface area contributed by atoms with Gasteiger partial charge in [-0.1, -0.05) is 30.3 Å². The van der Waals surface area contributed by atoms with Crippen LogP contribution in [0.4, 0.5) is 0 Å². The molecule has 1 N–H and O–H groups in total. The van der Waals surface area contributed by atoms with E-state index < -0.39 is 0 Å². The maximum atomic E-state index is 3.56. The summed E-state index contributed by atoms with van der Waals surface area (Å²) >= 11 is 1.81. The minimum atomic E-state index is 0.698. The molecule has 1 aromatic carbocycles. The lowest BCUT2D eigenvalue weighted by molar-refractivity contribution is 0.237. The molecule has 1 aromatic heterocycles. The van der Waals surface area contributed by atoms with Gasteiger partial charge in [-0.15, -0.1) is 0 Å². The van der Waals surface area contributed by atoms with E-state index in [0.29, 0.717) is 6.04 Å². The summed E-state index contributed by atoms with van der Waals surface area (Å²) in [6.45, 7) is 0. The van der Waals surface area contributed by atoms with E-state index in [-0.39, 0.29) is 0 Å². The molecule has 0 spiro atoms. The second-order valence-corrected chi connectivity index (χ2v) is 7.03. The van der Waals surface area contributed by atoms with Crippen LogP contribution in [0.2, 0.25) is 0 Å². The van der Waals surface area contributed by atoms with E-state index in [1.807, 2.05) is 11.3 Å². The molecule has 3 atom stereocenters. The lowest BCUT2D eigenvalue weighted by Gasteiger charge is -2.36. The lowest BCUT2D eigenvalue weighted by atomic mass is 9.73. The molecule has 112 valence electrons. The van der Waals surface area contributed by atoms with Crippen molar-refractivity contribution >= 4 is 11.3 Å². The third-order valence-corrected chi connectivity index (χ3v) is 5.74. The monoisotopic (exact) mass is 299 g/mol. The molecule has 1 aliphatic rings. The predicted molar refractivity (Wildman–Crippen MR) is 92.0 cm³/mol. The highest BCUT2D eigenvalue weighted by Gasteiger charge is 2.29. The third kappa shape index (κ3) is 3.75. The van der Waals surface area contributed by atoms with Crippen molar-refractivity contribution in [1.82, 2.24) is 5.32 Å². The number of hydrogen-bond donors (Lipinski definition) is 1. The zero-order valence-electron chi connectivity index (χ0n) is 12.8. The topological polar surface area (TPSA) is 12.0 Å². The second kappa shape index (κ2) is 7.24. The van der Waals surface area contributed by atoms with Crippen molar-refractivity contribution in [1.29, 1.82) is 0 Å². The van der Waals surface area contributed by atoms with Crippen LogP contribution in [-0.2, 0) is 6.42 Å². The summed E-state index contributed by atoms with van der Waals surface area (Å²) in [5, 5.41) is 8.05. The highest BCUT2D eigenvalue weighted by Crippen LogP contribution is 2.38. The Bertz CT molecular complexity index is 520. The van der Waals surface area contributed by atoms with Crippen molar-refractivity contribution in [3.05, 3.63) is 58.3 Å². The van der Waals surface area contributed by atoms with Gasteiger partial charge in [0.1, 0.15) is 0 Å². The fraction of sp³-hybridized carbons (Fsp3) is 0.474. The molecule has 1 nitrogen and oxygen atoms in total. The Morgan fingerprint density at radius 3 is 2.71 bits per heavy atom. The number of benzene rings is 1. The number of thiophene rings is 1. The molecule has 0 aliphatic heterocycles. The van der Waals surface area contributed by atoms with E-state index in [2.05, 4.69) is 59.5 Å². The summed E-state index contributed by atoms with van der Waals surface area (Å²) in [6, 6.07) is 14.1. The van der Waals surface area contributed by atoms with E-state index >= 15 is 0 Å². The first-order valence-corrected chi connectivity index (χ1v) is 9.04. The molecule has 1 aliphatic carbocycles. The molecule has 1 saturated carbocycles. The molecular weight excluding hydrogens is 274 g/mol. The van der Waals surface area contributed by atoms with Gasteiger partial charge in [0.15, 0.2) is 0 Å². The number of rotatable bonds is 5. The molecule has 2 heteroatoms. The zero-order valence-corrected chi connectivity index (χ0v) is 13.6. The van der Waals surface area contributed by atoms with Crippen LogP contribution in [-0.4, -0.2) is 13.1 Å². The summed E-state index contributed by atoms with van der Waals surface area (Å²) in [5.74, 6) is 1.55. The van der Waals surface area contributed by atoms with Crippen LogP contribution in [0.15, 0.2) is 47.2 Å². The second-order valence-electron chi connectivity index (χ2n) is 6.25. The van der Waals surface area contributed by atoms with Crippen LogP contribution < -0.4 is 5.32 Å². The Balaban J connectivity index is 1.64. The largest absolute Gasteiger partial charge is 0.317 e. The Hall–Kier alpha value is -1.12. The molecule has 0 saturated heterocycles. The molecule has 1 fully saturated rings. The van der Waals surface area contributed by atoms with Crippen LogP contribution in [0.25, 0.3) is 0 Å². The van der Waals surface area contributed by atoms with Gasteiger partial charge in [-0.05, 0) is 78.9 Å². The Morgan fingerprint density at radius 1 is 1.14 bits per heavy atom. The van der Waals surface area contributed by atoms with Crippen molar-refractivity contribution in [3.63, 3.8) is 0 Å². The Labute approximate surface area is 132 Å². The highest BCUT2D eigenvalue weighted by atomic mass is 32.1. The summed E-state index contributed by atoms with van der Waals surface area (Å²) in [7, 11) is 2.13. The average molecular weight is 299 g/mol. The molecule has 0 radical (unpaired) electrons. The number of aryl methyl sites for hydroxylation is 1. The van der Waals surface area contributed by atoms with Gasteiger partial charge >= 0.3 is 0 Å². The first-order valence-electron chi connectivity index (χ1n) is 8.10. The van der Waals surface area contributed by atoms with Gasteiger partial charge in [0.2, 0.25) is 0 Å². The Kier molecular flexibility index (Phi) is 5.10. The fourth-order valence-electron chi connectivity index (χ4n) is 3.78. The quantitative estimate of drug-likeness (QED) is 0.832. The van der Waals surface area contributed by atoms with E-state index in [1.165, 1.54) is 43.2 Å². The molecule has 1 heterocycles. The minimum Gasteiger partial charge on any atom is -0.317 e. The van der Waals surface area contributed by atoms with Crippen LogP contribution in [0.1, 0.15) is 42.7 Å². The van der Waals surface area contributed by atoms with Gasteiger partial charge in [-0.3, -0.25) is 0 Å². The lowest BCUT2D eigenvalue weighted by Crippen LogP contribution is -2.38. The number of hydrogen-bond acceptors (Lipinski definition) is 2. The van der Waals surface area contributed by atoms with Crippen LogP contribution in [0.5, 0.6) is 0 Å². The van der Waals surface area contributed by atoms with E-state index in [9.17, 15) is 0 Å². The van der Waals surface area contributed by atoms with Gasteiger partial charge in [0, 0.05) is 6.04 Å². The summed E-state index contributed by atoms with van der Waals surface area (Å²) in [5.41, 5.74) is 3.05. The fourth-order valence-corrected chi connectivity index (χ4v) is 4.48. The van der Waals surface area contributed by atoms with Gasteiger partial charge < -0.3 is 5.32 Å². The van der Waals surface area contributed by atoms with E-state index in [0.717, 1.165) is 11.8 Å². The van der Waals surface area contributed by atoms with Crippen LogP contribution in [0, 0.1) is 5.92 Å². The molecule has 0 bridgehead atoms. The Morgan fingerprint density at radius 2 is 2.00 bits per heavy atom. The molecule has 3 rings (SSSR count). The molecule has 3 unspecified atom stereocenters. The van der Waals surface area contributed by atoms with Gasteiger partial charge in [0.05, 0.1) is 0 Å². The third-order valence-electron chi connectivity index (χ3n) is 5.01. The van der Waals surface area contributed by atoms with Crippen molar-refractivity contribution in [2.75, 3.05) is 7.05 Å². The standard InChI is InChI=1S/C19H25NS/c1-20-19-10-9-17(16-5-3-2-4-6-16)13-18(19)8-7-15-11-12-21-14-15/h2-6,11-12,14,17-20H,7-10,13H2,1H3. The molecule has 2 aromatic rings. The van der Waals surface area contributed by atoms with E-state index in [1.54, 1.807) is 0 Å². The van der Waals surface area contributed by atoms with Crippen molar-refractivity contribution in [2.24, 2.45) is 5.92 Å².